The molecule has 1 atom stereocenters. The van der Waals surface area contributed by atoms with Gasteiger partial charge >= 0.3 is 0 Å². The highest BCUT2D eigenvalue weighted by Gasteiger charge is 2.07. The van der Waals surface area contributed by atoms with Crippen LogP contribution in [0.3, 0.4) is 0 Å². The van der Waals surface area contributed by atoms with Crippen LogP contribution in [0.25, 0.3) is 0 Å². The molecule has 0 fully saturated rings. The highest BCUT2D eigenvalue weighted by atomic mass is 32.2. The molecule has 0 aromatic carbocycles. The van der Waals surface area contributed by atoms with E-state index in [0.29, 0.717) is 6.04 Å². The summed E-state index contributed by atoms with van der Waals surface area (Å²) in [4.78, 5) is 8.03. The van der Waals surface area contributed by atoms with E-state index in [4.69, 9.17) is 5.11 Å². The van der Waals surface area contributed by atoms with Crippen LogP contribution in [0.15, 0.2) is 23.6 Å². The molecule has 1 aromatic heterocycles. The van der Waals surface area contributed by atoms with Crippen LogP contribution in [0.1, 0.15) is 19.8 Å². The third kappa shape index (κ3) is 5.44. The van der Waals surface area contributed by atoms with E-state index in [1.807, 2.05) is 6.07 Å². The fraction of sp³-hybridized carbons (Fsp3) is 0.636. The van der Waals surface area contributed by atoms with E-state index in [-0.39, 0.29) is 6.61 Å². The number of aliphatic hydroxyl groups is 1. The fourth-order valence-corrected chi connectivity index (χ4v) is 2.23. The summed E-state index contributed by atoms with van der Waals surface area (Å²) in [6.07, 6.45) is 5.21. The SMILES string of the molecule is CCCNC(CCO)CSc1ccncn1. The third-order valence-electron chi connectivity index (χ3n) is 2.15. The smallest absolute Gasteiger partial charge is 0.116 e. The molecule has 0 aliphatic rings. The van der Waals surface area contributed by atoms with Crippen molar-refractivity contribution in [1.29, 1.82) is 0 Å². The zero-order valence-corrected chi connectivity index (χ0v) is 10.4. The summed E-state index contributed by atoms with van der Waals surface area (Å²) < 4.78 is 0. The number of hydrogen-bond acceptors (Lipinski definition) is 5. The van der Waals surface area contributed by atoms with Crippen molar-refractivity contribution in [3.8, 4) is 0 Å². The molecule has 1 aromatic rings. The zero-order valence-electron chi connectivity index (χ0n) is 9.59. The lowest BCUT2D eigenvalue weighted by Gasteiger charge is -2.16. The van der Waals surface area contributed by atoms with E-state index in [2.05, 4.69) is 22.2 Å². The lowest BCUT2D eigenvalue weighted by molar-refractivity contribution is 0.270. The van der Waals surface area contributed by atoms with Crippen LogP contribution in [0.5, 0.6) is 0 Å². The summed E-state index contributed by atoms with van der Waals surface area (Å²) in [5.41, 5.74) is 0. The highest BCUT2D eigenvalue weighted by molar-refractivity contribution is 7.99. The maximum absolute atomic E-state index is 8.96. The van der Waals surface area contributed by atoms with Gasteiger partial charge in [0.15, 0.2) is 0 Å². The number of aliphatic hydroxyl groups excluding tert-OH is 1. The van der Waals surface area contributed by atoms with Crippen LogP contribution < -0.4 is 5.32 Å². The van der Waals surface area contributed by atoms with Crippen LogP contribution in [0.4, 0.5) is 0 Å². The quantitative estimate of drug-likeness (QED) is 0.531. The van der Waals surface area contributed by atoms with Gasteiger partial charge in [0.25, 0.3) is 0 Å². The van der Waals surface area contributed by atoms with Crippen molar-refractivity contribution in [3.05, 3.63) is 18.6 Å². The summed E-state index contributed by atoms with van der Waals surface area (Å²) in [5, 5.41) is 13.4. The van der Waals surface area contributed by atoms with Crippen LogP contribution in [-0.4, -0.2) is 40.0 Å². The molecule has 5 heteroatoms. The van der Waals surface area contributed by atoms with Crippen LogP contribution in [0.2, 0.25) is 0 Å². The van der Waals surface area contributed by atoms with E-state index < -0.39 is 0 Å². The van der Waals surface area contributed by atoms with Gasteiger partial charge in [-0.1, -0.05) is 6.92 Å². The molecule has 0 radical (unpaired) electrons. The first-order valence-corrected chi connectivity index (χ1v) is 6.58. The molecule has 0 spiro atoms. The molecule has 16 heavy (non-hydrogen) atoms. The van der Waals surface area contributed by atoms with Gasteiger partial charge in [0, 0.05) is 24.6 Å². The highest BCUT2D eigenvalue weighted by Crippen LogP contribution is 2.15. The number of nitrogens with one attached hydrogen (secondary N) is 1. The normalized spacial score (nSPS) is 12.6. The van der Waals surface area contributed by atoms with E-state index in [0.717, 1.165) is 30.2 Å². The molecule has 90 valence electrons. The average Bonchev–Trinajstić information content (AvgIpc) is 2.34. The first kappa shape index (κ1) is 13.4. The molecule has 1 heterocycles. The minimum atomic E-state index is 0.228. The molecule has 0 saturated carbocycles. The van der Waals surface area contributed by atoms with Gasteiger partial charge in [-0.3, -0.25) is 0 Å². The van der Waals surface area contributed by atoms with Crippen LogP contribution in [0, 0.1) is 0 Å². The number of nitrogens with zero attached hydrogens (tertiary/aromatic N) is 2. The molecule has 0 bridgehead atoms. The Bertz CT molecular complexity index is 271. The van der Waals surface area contributed by atoms with Gasteiger partial charge in [0.1, 0.15) is 6.33 Å². The van der Waals surface area contributed by atoms with E-state index in [9.17, 15) is 0 Å². The lowest BCUT2D eigenvalue weighted by Crippen LogP contribution is -2.32. The molecule has 0 saturated heterocycles. The fourth-order valence-electron chi connectivity index (χ4n) is 1.30. The average molecular weight is 241 g/mol. The molecule has 0 aliphatic carbocycles. The Morgan fingerprint density at radius 1 is 1.56 bits per heavy atom. The van der Waals surface area contributed by atoms with Gasteiger partial charge in [-0.15, -0.1) is 11.8 Å². The second-order valence-electron chi connectivity index (χ2n) is 3.52. The van der Waals surface area contributed by atoms with E-state index >= 15 is 0 Å². The summed E-state index contributed by atoms with van der Waals surface area (Å²) in [7, 11) is 0. The van der Waals surface area contributed by atoms with Crippen LogP contribution in [-0.2, 0) is 0 Å². The van der Waals surface area contributed by atoms with E-state index in [1.54, 1.807) is 24.3 Å². The van der Waals surface area contributed by atoms with Gasteiger partial charge in [0.05, 0.1) is 5.03 Å². The first-order chi connectivity index (χ1) is 7.86. The Balaban J connectivity index is 2.31. The number of thioether (sulfide) groups is 1. The Morgan fingerprint density at radius 3 is 3.06 bits per heavy atom. The topological polar surface area (TPSA) is 58.0 Å². The monoisotopic (exact) mass is 241 g/mol. The largest absolute Gasteiger partial charge is 0.396 e. The summed E-state index contributed by atoms with van der Waals surface area (Å²) >= 11 is 1.69. The molecule has 1 rings (SSSR count). The molecule has 0 aliphatic heterocycles. The number of hydrogen-bond donors (Lipinski definition) is 2. The standard InChI is InChI=1S/C11H19N3OS/c1-2-5-13-10(4-7-15)8-16-11-3-6-12-9-14-11/h3,6,9-10,13,15H,2,4-5,7-8H2,1H3. The molecule has 0 amide bonds. The summed E-state index contributed by atoms with van der Waals surface area (Å²) in [6.45, 7) is 3.36. The van der Waals surface area contributed by atoms with Crippen molar-refractivity contribution >= 4 is 11.8 Å². The van der Waals surface area contributed by atoms with Crippen molar-refractivity contribution in [2.45, 2.75) is 30.8 Å². The summed E-state index contributed by atoms with van der Waals surface area (Å²) in [6, 6.07) is 2.26. The summed E-state index contributed by atoms with van der Waals surface area (Å²) in [5.74, 6) is 0.928. The molecular weight excluding hydrogens is 222 g/mol. The van der Waals surface area contributed by atoms with E-state index in [1.165, 1.54) is 0 Å². The van der Waals surface area contributed by atoms with Crippen molar-refractivity contribution in [3.63, 3.8) is 0 Å². The predicted octanol–water partition coefficient (Wildman–Crippen LogP) is 1.32. The first-order valence-electron chi connectivity index (χ1n) is 5.60. The Hall–Kier alpha value is -0.650. The lowest BCUT2D eigenvalue weighted by atomic mass is 10.2. The molecule has 1 unspecified atom stereocenters. The van der Waals surface area contributed by atoms with Crippen molar-refractivity contribution in [2.24, 2.45) is 0 Å². The Labute approximate surface area is 101 Å². The van der Waals surface area contributed by atoms with Gasteiger partial charge in [0.2, 0.25) is 0 Å². The maximum Gasteiger partial charge on any atom is 0.116 e. The Kier molecular flexibility index (Phi) is 7.12. The number of aromatic nitrogens is 2. The van der Waals surface area contributed by atoms with Gasteiger partial charge in [-0.2, -0.15) is 0 Å². The van der Waals surface area contributed by atoms with Crippen molar-refractivity contribution in [1.82, 2.24) is 15.3 Å². The van der Waals surface area contributed by atoms with Crippen molar-refractivity contribution in [2.75, 3.05) is 18.9 Å². The second-order valence-corrected chi connectivity index (χ2v) is 4.56. The van der Waals surface area contributed by atoms with Gasteiger partial charge in [-0.25, -0.2) is 9.97 Å². The second kappa shape index (κ2) is 8.50. The minimum Gasteiger partial charge on any atom is -0.396 e. The number of rotatable bonds is 8. The Morgan fingerprint density at radius 2 is 2.44 bits per heavy atom. The third-order valence-corrected chi connectivity index (χ3v) is 3.25. The minimum absolute atomic E-state index is 0.228. The van der Waals surface area contributed by atoms with Gasteiger partial charge in [-0.05, 0) is 25.5 Å². The zero-order chi connectivity index (χ0) is 11.6. The predicted molar refractivity (Wildman–Crippen MR) is 66.5 cm³/mol. The maximum atomic E-state index is 8.96. The van der Waals surface area contributed by atoms with Crippen molar-refractivity contribution < 1.29 is 5.11 Å². The van der Waals surface area contributed by atoms with Gasteiger partial charge < -0.3 is 10.4 Å². The van der Waals surface area contributed by atoms with Crippen LogP contribution >= 0.6 is 11.8 Å². The molecular formula is C11H19N3OS. The molecule has 4 nitrogen and oxygen atoms in total. The molecule has 2 N–H and O–H groups in total.